The molecule has 4 heterocycles. The summed E-state index contributed by atoms with van der Waals surface area (Å²) in [6.45, 7) is 2.05. The summed E-state index contributed by atoms with van der Waals surface area (Å²) < 4.78 is 27.9. The number of hydrogen-bond acceptors (Lipinski definition) is 9. The average Bonchev–Trinajstić information content (AvgIpc) is 3.70. The number of nitrogens with zero attached hydrogens (tertiary/aromatic N) is 7. The second-order valence-corrected chi connectivity index (χ2v) is 10.7. The first-order chi connectivity index (χ1) is 15.9. The van der Waals surface area contributed by atoms with Crippen molar-refractivity contribution in [2.45, 2.75) is 44.1 Å². The maximum Gasteiger partial charge on any atom is 0.256 e. The average molecular weight is 467 g/mol. The monoisotopic (exact) mass is 466 g/mol. The molecule has 2 aliphatic carbocycles. The summed E-state index contributed by atoms with van der Waals surface area (Å²) in [4.78, 5) is 17.7. The Hall–Kier alpha value is -3.38. The summed E-state index contributed by atoms with van der Waals surface area (Å²) in [5.41, 5.74) is 2.16. The van der Waals surface area contributed by atoms with Gasteiger partial charge in [-0.3, -0.25) is 0 Å². The number of nitrogens with one attached hydrogen (secondary N) is 1. The number of aliphatic hydroxyl groups excluding tert-OH is 1. The highest BCUT2D eigenvalue weighted by molar-refractivity contribution is 7.90. The standard InChI is InChI=1S/C21H22N8O3S/c1-12-6-16(12)29-17-7-19(23-9-15(17)25-20(29)11-30)26-18-4-5-22-21(27-18)13-8-24-28(10-13)33(31,32)14-2-3-14/h4-5,7-10,12,14,16,30H,2-3,6,11H2,1H3,(H,22,23,26,27). The van der Waals surface area contributed by atoms with Gasteiger partial charge in [-0.15, -0.1) is 0 Å². The van der Waals surface area contributed by atoms with Gasteiger partial charge in [-0.25, -0.2) is 28.4 Å². The van der Waals surface area contributed by atoms with Crippen molar-refractivity contribution in [2.75, 3.05) is 5.32 Å². The normalized spacial score (nSPS) is 20.3. The molecule has 0 spiro atoms. The van der Waals surface area contributed by atoms with Crippen LogP contribution in [-0.4, -0.2) is 52.5 Å². The fraction of sp³-hybridized carbons (Fsp3) is 0.381. The van der Waals surface area contributed by atoms with Gasteiger partial charge in [-0.1, -0.05) is 6.92 Å². The molecule has 0 bridgehead atoms. The van der Waals surface area contributed by atoms with Gasteiger partial charge in [0.1, 0.15) is 29.6 Å². The highest BCUT2D eigenvalue weighted by Crippen LogP contribution is 2.45. The van der Waals surface area contributed by atoms with E-state index in [1.54, 1.807) is 18.5 Å². The number of anilines is 2. The lowest BCUT2D eigenvalue weighted by Gasteiger charge is -2.08. The Morgan fingerprint density at radius 1 is 1.18 bits per heavy atom. The summed E-state index contributed by atoms with van der Waals surface area (Å²) >= 11 is 0. The van der Waals surface area contributed by atoms with E-state index in [1.165, 1.54) is 12.4 Å². The van der Waals surface area contributed by atoms with Gasteiger partial charge in [0.15, 0.2) is 5.82 Å². The van der Waals surface area contributed by atoms with Crippen molar-refractivity contribution in [1.82, 2.24) is 33.7 Å². The number of pyridine rings is 1. The zero-order chi connectivity index (χ0) is 22.7. The zero-order valence-corrected chi connectivity index (χ0v) is 18.6. The van der Waals surface area contributed by atoms with Crippen LogP contribution in [0.15, 0.2) is 36.9 Å². The quantitative estimate of drug-likeness (QED) is 0.419. The van der Waals surface area contributed by atoms with E-state index < -0.39 is 10.0 Å². The Bertz CT molecular complexity index is 1470. The molecule has 0 amide bonds. The smallest absolute Gasteiger partial charge is 0.256 e. The van der Waals surface area contributed by atoms with E-state index in [1.807, 2.05) is 6.07 Å². The molecule has 33 heavy (non-hydrogen) atoms. The van der Waals surface area contributed by atoms with Crippen molar-refractivity contribution in [3.63, 3.8) is 0 Å². The summed E-state index contributed by atoms with van der Waals surface area (Å²) in [5.74, 6) is 2.64. The van der Waals surface area contributed by atoms with Gasteiger partial charge in [-0.2, -0.15) is 9.19 Å². The molecule has 2 saturated carbocycles. The first-order valence-electron chi connectivity index (χ1n) is 10.8. The SMILES string of the molecule is CC1CC1n1c(CO)nc2cnc(Nc3ccnc(-c4cnn(S(=O)(=O)C5CC5)c4)n3)cc21. The summed E-state index contributed by atoms with van der Waals surface area (Å²) in [6, 6.07) is 3.94. The molecule has 6 rings (SSSR count). The molecule has 4 aromatic rings. The van der Waals surface area contributed by atoms with Gasteiger partial charge in [0.2, 0.25) is 0 Å². The molecule has 2 fully saturated rings. The fourth-order valence-electron chi connectivity index (χ4n) is 4.04. The van der Waals surface area contributed by atoms with Gasteiger partial charge in [0, 0.05) is 18.3 Å². The number of fused-ring (bicyclic) bond motifs is 1. The number of rotatable bonds is 7. The van der Waals surface area contributed by atoms with Crippen LogP contribution in [0.25, 0.3) is 22.4 Å². The van der Waals surface area contributed by atoms with Crippen molar-refractivity contribution in [3.05, 3.63) is 42.7 Å². The van der Waals surface area contributed by atoms with Crippen LogP contribution in [0.5, 0.6) is 0 Å². The van der Waals surface area contributed by atoms with E-state index in [4.69, 9.17) is 0 Å². The molecule has 2 aliphatic rings. The molecular weight excluding hydrogens is 444 g/mol. The van der Waals surface area contributed by atoms with Crippen molar-refractivity contribution in [2.24, 2.45) is 5.92 Å². The second kappa shape index (κ2) is 7.32. The third-order valence-corrected chi connectivity index (χ3v) is 8.16. The Balaban J connectivity index is 1.29. The molecular formula is C21H22N8O3S. The minimum atomic E-state index is -3.44. The molecule has 2 atom stereocenters. The van der Waals surface area contributed by atoms with E-state index in [2.05, 4.69) is 41.8 Å². The summed E-state index contributed by atoms with van der Waals surface area (Å²) in [5, 5.41) is 16.6. The molecule has 0 saturated heterocycles. The minimum Gasteiger partial charge on any atom is -0.388 e. The molecule has 2 N–H and O–H groups in total. The van der Waals surface area contributed by atoms with Crippen LogP contribution >= 0.6 is 0 Å². The van der Waals surface area contributed by atoms with Crippen molar-refractivity contribution < 1.29 is 13.5 Å². The maximum absolute atomic E-state index is 12.4. The van der Waals surface area contributed by atoms with Crippen LogP contribution in [0, 0.1) is 5.92 Å². The third kappa shape index (κ3) is 3.55. The molecule has 11 nitrogen and oxygen atoms in total. The Labute approximate surface area is 189 Å². The second-order valence-electron chi connectivity index (χ2n) is 8.63. The summed E-state index contributed by atoms with van der Waals surface area (Å²) in [7, 11) is -3.44. The minimum absolute atomic E-state index is 0.125. The van der Waals surface area contributed by atoms with Gasteiger partial charge >= 0.3 is 0 Å². The van der Waals surface area contributed by atoms with Crippen LogP contribution in [0.3, 0.4) is 0 Å². The zero-order valence-electron chi connectivity index (χ0n) is 17.8. The van der Waals surface area contributed by atoms with Crippen LogP contribution < -0.4 is 5.32 Å². The lowest BCUT2D eigenvalue weighted by molar-refractivity contribution is 0.265. The van der Waals surface area contributed by atoms with E-state index >= 15 is 0 Å². The van der Waals surface area contributed by atoms with Crippen molar-refractivity contribution in [3.8, 4) is 11.4 Å². The maximum atomic E-state index is 12.4. The number of hydrogen-bond donors (Lipinski definition) is 2. The molecule has 4 aromatic heterocycles. The molecule has 12 heteroatoms. The van der Waals surface area contributed by atoms with E-state index in [0.29, 0.717) is 53.6 Å². The topological polar surface area (TPSA) is 141 Å². The first-order valence-corrected chi connectivity index (χ1v) is 12.3. The van der Waals surface area contributed by atoms with Crippen molar-refractivity contribution >= 4 is 32.7 Å². The van der Waals surface area contributed by atoms with Crippen molar-refractivity contribution in [1.29, 1.82) is 0 Å². The predicted octanol–water partition coefficient (Wildman–Crippen LogP) is 2.24. The highest BCUT2D eigenvalue weighted by Gasteiger charge is 2.38. The van der Waals surface area contributed by atoms with Gasteiger partial charge in [0.25, 0.3) is 10.0 Å². The molecule has 2 unspecified atom stereocenters. The molecule has 0 aromatic carbocycles. The summed E-state index contributed by atoms with van der Waals surface area (Å²) in [6.07, 6.45) is 8.57. The fourth-order valence-corrected chi connectivity index (χ4v) is 5.51. The Morgan fingerprint density at radius 2 is 2.00 bits per heavy atom. The Kier molecular flexibility index (Phi) is 4.49. The number of aliphatic hydroxyl groups is 1. The van der Waals surface area contributed by atoms with E-state index in [0.717, 1.165) is 21.5 Å². The molecule has 0 aliphatic heterocycles. The van der Waals surface area contributed by atoms with Gasteiger partial charge < -0.3 is 15.0 Å². The van der Waals surface area contributed by atoms with Crippen LogP contribution in [-0.2, 0) is 16.6 Å². The van der Waals surface area contributed by atoms with Crippen LogP contribution in [0.1, 0.15) is 38.1 Å². The predicted molar refractivity (Wildman–Crippen MR) is 120 cm³/mol. The Morgan fingerprint density at radius 3 is 2.73 bits per heavy atom. The highest BCUT2D eigenvalue weighted by atomic mass is 32.2. The largest absolute Gasteiger partial charge is 0.388 e. The van der Waals surface area contributed by atoms with Gasteiger partial charge in [-0.05, 0) is 31.2 Å². The van der Waals surface area contributed by atoms with Crippen LogP contribution in [0.2, 0.25) is 0 Å². The van der Waals surface area contributed by atoms with Crippen LogP contribution in [0.4, 0.5) is 11.6 Å². The first kappa shape index (κ1) is 20.2. The molecule has 0 radical (unpaired) electrons. The van der Waals surface area contributed by atoms with Gasteiger partial charge in [0.05, 0.1) is 34.9 Å². The lowest BCUT2D eigenvalue weighted by Crippen LogP contribution is -2.17. The molecule has 170 valence electrons. The lowest BCUT2D eigenvalue weighted by atomic mass is 10.3. The number of imidazole rings is 1. The van der Waals surface area contributed by atoms with E-state index in [9.17, 15) is 13.5 Å². The van der Waals surface area contributed by atoms with E-state index in [-0.39, 0.29) is 11.9 Å². The number of aromatic nitrogens is 7. The third-order valence-electron chi connectivity index (χ3n) is 6.13.